The average Bonchev–Trinajstić information content (AvgIpc) is 3.07. The Balaban J connectivity index is 2.04. The highest BCUT2D eigenvalue weighted by Crippen LogP contribution is 2.36. The van der Waals surface area contributed by atoms with E-state index in [1.54, 1.807) is 0 Å². The molecule has 0 aromatic carbocycles. The molecular formula is C16H30N2O2. The first kappa shape index (κ1) is 15.8. The molecule has 1 aliphatic carbocycles. The fraction of sp³-hybridized carbons (Fsp3) is 0.938. The minimum Gasteiger partial charge on any atom is -0.393 e. The normalized spacial score (nSPS) is 32.5. The van der Waals surface area contributed by atoms with E-state index >= 15 is 0 Å². The van der Waals surface area contributed by atoms with Crippen LogP contribution in [-0.4, -0.2) is 58.6 Å². The average molecular weight is 282 g/mol. The van der Waals surface area contributed by atoms with Crippen LogP contribution in [0.3, 0.4) is 0 Å². The Hall–Kier alpha value is -0.610. The fourth-order valence-electron chi connectivity index (χ4n) is 4.11. The maximum Gasteiger partial charge on any atom is 0.239 e. The van der Waals surface area contributed by atoms with E-state index in [1.807, 2.05) is 25.7 Å². The van der Waals surface area contributed by atoms with Gasteiger partial charge in [-0.15, -0.1) is 0 Å². The van der Waals surface area contributed by atoms with Gasteiger partial charge in [0, 0.05) is 25.0 Å². The summed E-state index contributed by atoms with van der Waals surface area (Å²) in [6, 6.07) is 0.359. The maximum atomic E-state index is 12.6. The summed E-state index contributed by atoms with van der Waals surface area (Å²) in [5, 5.41) is 10.2. The van der Waals surface area contributed by atoms with Gasteiger partial charge >= 0.3 is 0 Å². The van der Waals surface area contributed by atoms with Crippen LogP contribution < -0.4 is 0 Å². The summed E-state index contributed by atoms with van der Waals surface area (Å²) in [7, 11) is 0. The monoisotopic (exact) mass is 282 g/mol. The summed E-state index contributed by atoms with van der Waals surface area (Å²) in [6.45, 7) is 8.68. The number of amides is 1. The molecule has 1 heterocycles. The smallest absolute Gasteiger partial charge is 0.239 e. The molecule has 1 saturated carbocycles. The molecule has 4 atom stereocenters. The molecule has 20 heavy (non-hydrogen) atoms. The molecule has 4 unspecified atom stereocenters. The van der Waals surface area contributed by atoms with Crippen LogP contribution in [0.2, 0.25) is 0 Å². The summed E-state index contributed by atoms with van der Waals surface area (Å²) in [5.74, 6) is 0.624. The maximum absolute atomic E-state index is 12.6. The largest absolute Gasteiger partial charge is 0.393 e. The predicted octanol–water partition coefficient (Wildman–Crippen LogP) is 1.87. The van der Waals surface area contributed by atoms with Crippen LogP contribution in [0.1, 0.15) is 52.9 Å². The zero-order valence-corrected chi connectivity index (χ0v) is 13.2. The molecule has 2 rings (SSSR count). The quantitative estimate of drug-likeness (QED) is 0.837. The van der Waals surface area contributed by atoms with Crippen molar-refractivity contribution in [2.24, 2.45) is 5.92 Å². The number of carbonyl (C=O) groups is 1. The van der Waals surface area contributed by atoms with E-state index in [9.17, 15) is 9.90 Å². The number of hydrogen-bond donors (Lipinski definition) is 1. The Morgan fingerprint density at radius 3 is 2.50 bits per heavy atom. The van der Waals surface area contributed by atoms with Crippen LogP contribution in [0.5, 0.6) is 0 Å². The van der Waals surface area contributed by atoms with Crippen molar-refractivity contribution in [2.45, 2.75) is 71.1 Å². The summed E-state index contributed by atoms with van der Waals surface area (Å²) in [6.07, 6.45) is 5.33. The van der Waals surface area contributed by atoms with Crippen molar-refractivity contribution in [1.29, 1.82) is 0 Å². The van der Waals surface area contributed by atoms with Gasteiger partial charge < -0.3 is 10.0 Å². The van der Waals surface area contributed by atoms with Gasteiger partial charge in [-0.3, -0.25) is 9.69 Å². The Morgan fingerprint density at radius 1 is 1.25 bits per heavy atom. The van der Waals surface area contributed by atoms with E-state index < -0.39 is 0 Å². The molecule has 0 radical (unpaired) electrons. The number of aliphatic hydroxyl groups is 1. The molecule has 2 aliphatic rings. The Kier molecular flexibility index (Phi) is 5.44. The molecule has 4 heteroatoms. The van der Waals surface area contributed by atoms with Crippen molar-refractivity contribution in [3.63, 3.8) is 0 Å². The van der Waals surface area contributed by atoms with E-state index in [4.69, 9.17) is 0 Å². The number of nitrogens with zero attached hydrogens (tertiary/aromatic N) is 2. The topological polar surface area (TPSA) is 43.8 Å². The second-order valence-electron chi connectivity index (χ2n) is 6.30. The van der Waals surface area contributed by atoms with Crippen LogP contribution in [0.15, 0.2) is 0 Å². The van der Waals surface area contributed by atoms with Crippen molar-refractivity contribution in [1.82, 2.24) is 9.80 Å². The molecule has 1 N–H and O–H groups in total. The molecule has 2 fully saturated rings. The molecule has 116 valence electrons. The third-order valence-corrected chi connectivity index (χ3v) is 5.30. The van der Waals surface area contributed by atoms with E-state index in [1.165, 1.54) is 0 Å². The lowest BCUT2D eigenvalue weighted by Crippen LogP contribution is -2.51. The number of rotatable bonds is 5. The SMILES string of the molecule is CCN(CC)C(=O)C(C)N1CCCC1C1CCCC1O. The van der Waals surface area contributed by atoms with Gasteiger partial charge in [-0.05, 0) is 53.0 Å². The highest BCUT2D eigenvalue weighted by molar-refractivity contribution is 5.81. The molecule has 1 amide bonds. The first-order chi connectivity index (χ1) is 9.60. The van der Waals surface area contributed by atoms with E-state index in [0.29, 0.717) is 12.0 Å². The van der Waals surface area contributed by atoms with E-state index in [-0.39, 0.29) is 18.1 Å². The Labute approximate surface area is 123 Å². The minimum atomic E-state index is -0.156. The van der Waals surface area contributed by atoms with Crippen LogP contribution in [0, 0.1) is 5.92 Å². The summed E-state index contributed by atoms with van der Waals surface area (Å²) in [5.41, 5.74) is 0. The second kappa shape index (κ2) is 6.90. The van der Waals surface area contributed by atoms with Gasteiger partial charge in [-0.2, -0.15) is 0 Å². The molecule has 1 aliphatic heterocycles. The first-order valence-electron chi connectivity index (χ1n) is 8.32. The van der Waals surface area contributed by atoms with Gasteiger partial charge in [0.1, 0.15) is 0 Å². The van der Waals surface area contributed by atoms with Gasteiger partial charge in [-0.25, -0.2) is 0 Å². The van der Waals surface area contributed by atoms with Gasteiger partial charge in [0.25, 0.3) is 0 Å². The molecule has 0 bridgehead atoms. The van der Waals surface area contributed by atoms with Crippen LogP contribution in [0.25, 0.3) is 0 Å². The van der Waals surface area contributed by atoms with Crippen LogP contribution in [-0.2, 0) is 4.79 Å². The van der Waals surface area contributed by atoms with Crippen molar-refractivity contribution >= 4 is 5.91 Å². The Morgan fingerprint density at radius 2 is 1.95 bits per heavy atom. The summed E-state index contributed by atoms with van der Waals surface area (Å²) < 4.78 is 0. The van der Waals surface area contributed by atoms with Gasteiger partial charge in [0.2, 0.25) is 5.91 Å². The van der Waals surface area contributed by atoms with Gasteiger partial charge in [-0.1, -0.05) is 6.42 Å². The third kappa shape index (κ3) is 3.01. The zero-order chi connectivity index (χ0) is 14.7. The molecule has 0 spiro atoms. The fourth-order valence-corrected chi connectivity index (χ4v) is 4.11. The molecule has 0 aromatic heterocycles. The van der Waals surface area contributed by atoms with Crippen molar-refractivity contribution in [2.75, 3.05) is 19.6 Å². The molecule has 0 aromatic rings. The standard InChI is InChI=1S/C16H30N2O2/c1-4-17(5-2)16(20)12(3)18-11-7-9-14(18)13-8-6-10-15(13)19/h12-15,19H,4-11H2,1-3H3. The zero-order valence-electron chi connectivity index (χ0n) is 13.2. The lowest BCUT2D eigenvalue weighted by Gasteiger charge is -2.36. The van der Waals surface area contributed by atoms with Crippen LogP contribution >= 0.6 is 0 Å². The minimum absolute atomic E-state index is 0.0461. The molecule has 1 saturated heterocycles. The summed E-state index contributed by atoms with van der Waals surface area (Å²) >= 11 is 0. The van der Waals surface area contributed by atoms with E-state index in [2.05, 4.69) is 4.90 Å². The van der Waals surface area contributed by atoms with Crippen molar-refractivity contribution < 1.29 is 9.90 Å². The lowest BCUT2D eigenvalue weighted by molar-refractivity contribution is -0.137. The van der Waals surface area contributed by atoms with Gasteiger partial charge in [0.15, 0.2) is 0 Å². The number of aliphatic hydroxyl groups excluding tert-OH is 1. The van der Waals surface area contributed by atoms with Crippen LogP contribution in [0.4, 0.5) is 0 Å². The highest BCUT2D eigenvalue weighted by atomic mass is 16.3. The van der Waals surface area contributed by atoms with Crippen molar-refractivity contribution in [3.8, 4) is 0 Å². The predicted molar refractivity (Wildman–Crippen MR) is 80.5 cm³/mol. The number of likely N-dealkylation sites (tertiary alicyclic amines) is 1. The summed E-state index contributed by atoms with van der Waals surface area (Å²) in [4.78, 5) is 16.8. The molecule has 4 nitrogen and oxygen atoms in total. The van der Waals surface area contributed by atoms with Gasteiger partial charge in [0.05, 0.1) is 12.1 Å². The molecular weight excluding hydrogens is 252 g/mol. The number of carbonyl (C=O) groups excluding carboxylic acids is 1. The second-order valence-corrected chi connectivity index (χ2v) is 6.30. The Bertz CT molecular complexity index is 330. The van der Waals surface area contributed by atoms with E-state index in [0.717, 1.165) is 51.7 Å². The number of likely N-dealkylation sites (N-methyl/N-ethyl adjacent to an activating group) is 1. The lowest BCUT2D eigenvalue weighted by atomic mass is 9.93. The number of hydrogen-bond acceptors (Lipinski definition) is 3. The van der Waals surface area contributed by atoms with Crippen molar-refractivity contribution in [3.05, 3.63) is 0 Å². The third-order valence-electron chi connectivity index (χ3n) is 5.30. The highest BCUT2D eigenvalue weighted by Gasteiger charge is 2.41. The first-order valence-corrected chi connectivity index (χ1v) is 8.32.